The van der Waals surface area contributed by atoms with Gasteiger partial charge >= 0.3 is 0 Å². The van der Waals surface area contributed by atoms with Crippen molar-refractivity contribution in [3.8, 4) is 0 Å². The van der Waals surface area contributed by atoms with Gasteiger partial charge < -0.3 is 5.73 Å². The zero-order valence-electron chi connectivity index (χ0n) is 27.2. The predicted molar refractivity (Wildman–Crippen MR) is 167 cm³/mol. The summed E-state index contributed by atoms with van der Waals surface area (Å²) >= 11 is 0. The van der Waals surface area contributed by atoms with E-state index in [-0.39, 0.29) is 0 Å². The molecule has 4 saturated carbocycles. The minimum Gasteiger partial charge on any atom is -0.328 e. The first-order chi connectivity index (χ1) is 17.9. The molecule has 4 fully saturated rings. The fourth-order valence-corrected chi connectivity index (χ4v) is 11.1. The minimum absolute atomic E-state index is 0.478. The highest BCUT2D eigenvalue weighted by atomic mass is 14.6. The van der Waals surface area contributed by atoms with Crippen LogP contribution in [-0.2, 0) is 0 Å². The second kappa shape index (κ2) is 12.9. The van der Waals surface area contributed by atoms with Gasteiger partial charge in [0.05, 0.1) is 0 Å². The maximum atomic E-state index is 6.36. The third-order valence-corrected chi connectivity index (χ3v) is 13.4. The van der Waals surface area contributed by atoms with Gasteiger partial charge in [0.15, 0.2) is 0 Å². The van der Waals surface area contributed by atoms with E-state index in [4.69, 9.17) is 5.73 Å². The van der Waals surface area contributed by atoms with E-state index < -0.39 is 0 Å². The molecule has 8 atom stereocenters. The zero-order chi connectivity index (χ0) is 27.7. The maximum absolute atomic E-state index is 6.36. The van der Waals surface area contributed by atoms with Crippen molar-refractivity contribution in [3.63, 3.8) is 0 Å². The molecule has 0 radical (unpaired) electrons. The van der Waals surface area contributed by atoms with Crippen LogP contribution in [0, 0.1) is 70.0 Å². The summed E-state index contributed by atoms with van der Waals surface area (Å²) in [5, 5.41) is 0. The average Bonchev–Trinajstić information content (AvgIpc) is 2.85. The minimum atomic E-state index is 0.478. The van der Waals surface area contributed by atoms with Crippen molar-refractivity contribution in [2.45, 2.75) is 164 Å². The summed E-state index contributed by atoms with van der Waals surface area (Å²) < 4.78 is 0. The molecule has 2 N–H and O–H groups in total. The van der Waals surface area contributed by atoms with Crippen LogP contribution in [0.4, 0.5) is 0 Å². The smallest absolute Gasteiger partial charge is 0.00390 e. The van der Waals surface area contributed by atoms with Crippen molar-refractivity contribution in [1.29, 1.82) is 0 Å². The summed E-state index contributed by atoms with van der Waals surface area (Å²) in [5.41, 5.74) is 7.33. The first-order valence-corrected chi connectivity index (χ1v) is 17.6. The summed E-state index contributed by atoms with van der Waals surface area (Å²) in [4.78, 5) is 0. The molecule has 0 aliphatic heterocycles. The Labute approximate surface area is 239 Å². The monoisotopic (exact) mass is 528 g/mol. The van der Waals surface area contributed by atoms with Gasteiger partial charge in [0.1, 0.15) is 0 Å². The SMILES string of the molecule is CC1CCC(C)C(C(C)(C)CC2CCCC(CC(C)(C)C3CC(C)CCC3C)C2CC2CCC(N)CC2)C1. The van der Waals surface area contributed by atoms with E-state index in [9.17, 15) is 0 Å². The molecule has 38 heavy (non-hydrogen) atoms. The third-order valence-electron chi connectivity index (χ3n) is 13.4. The van der Waals surface area contributed by atoms with Crippen molar-refractivity contribution < 1.29 is 0 Å². The Hall–Kier alpha value is -0.0400. The molecule has 0 aromatic carbocycles. The standard InChI is InChI=1S/C37H69N/c1-25-12-14-27(3)34(20-25)36(5,6)23-30-10-9-11-31(33(30)22-29-16-18-32(38)19-17-29)24-37(7,8)35-21-26(2)13-15-28(35)4/h25-35H,9-24,38H2,1-8H3. The number of rotatable bonds is 8. The van der Waals surface area contributed by atoms with E-state index >= 15 is 0 Å². The Balaban J connectivity index is 1.52. The Morgan fingerprint density at radius 3 is 1.47 bits per heavy atom. The van der Waals surface area contributed by atoms with Gasteiger partial charge in [0, 0.05) is 6.04 Å². The zero-order valence-corrected chi connectivity index (χ0v) is 27.2. The number of hydrogen-bond acceptors (Lipinski definition) is 1. The molecule has 4 rings (SSSR count). The lowest BCUT2D eigenvalue weighted by Crippen LogP contribution is -2.42. The van der Waals surface area contributed by atoms with Crippen LogP contribution in [0.15, 0.2) is 0 Å². The van der Waals surface area contributed by atoms with E-state index in [1.54, 1.807) is 0 Å². The Bertz CT molecular complexity index is 666. The Morgan fingerprint density at radius 1 is 0.579 bits per heavy atom. The van der Waals surface area contributed by atoms with Gasteiger partial charge in [0.2, 0.25) is 0 Å². The van der Waals surface area contributed by atoms with Crippen molar-refractivity contribution in [2.24, 2.45) is 75.7 Å². The fourth-order valence-electron chi connectivity index (χ4n) is 11.1. The van der Waals surface area contributed by atoms with Crippen LogP contribution in [-0.4, -0.2) is 6.04 Å². The van der Waals surface area contributed by atoms with E-state index in [1.807, 2.05) is 0 Å². The van der Waals surface area contributed by atoms with Crippen LogP contribution in [0.2, 0.25) is 0 Å². The molecule has 0 saturated heterocycles. The molecule has 0 amide bonds. The predicted octanol–water partition coefficient (Wildman–Crippen LogP) is 10.9. The highest BCUT2D eigenvalue weighted by Gasteiger charge is 2.45. The van der Waals surface area contributed by atoms with Crippen molar-refractivity contribution in [2.75, 3.05) is 0 Å². The van der Waals surface area contributed by atoms with Gasteiger partial charge in [-0.1, -0.05) is 100 Å². The summed E-state index contributed by atoms with van der Waals surface area (Å²) in [6.07, 6.45) is 23.1. The maximum Gasteiger partial charge on any atom is 0.00390 e. The van der Waals surface area contributed by atoms with Gasteiger partial charge in [-0.25, -0.2) is 0 Å². The third kappa shape index (κ3) is 7.62. The van der Waals surface area contributed by atoms with Crippen molar-refractivity contribution in [3.05, 3.63) is 0 Å². The molecule has 4 aliphatic carbocycles. The number of nitrogens with two attached hydrogens (primary N) is 1. The Morgan fingerprint density at radius 2 is 1.03 bits per heavy atom. The molecule has 4 aliphatic rings. The van der Waals surface area contributed by atoms with Crippen LogP contribution in [0.1, 0.15) is 158 Å². The van der Waals surface area contributed by atoms with Crippen molar-refractivity contribution in [1.82, 2.24) is 0 Å². The molecule has 0 aromatic heterocycles. The summed E-state index contributed by atoms with van der Waals surface area (Å²) in [6, 6.07) is 0.478. The lowest BCUT2D eigenvalue weighted by molar-refractivity contribution is -0.00751. The average molecular weight is 528 g/mol. The normalized spacial score (nSPS) is 43.7. The molecule has 0 bridgehead atoms. The van der Waals surface area contributed by atoms with Crippen LogP contribution < -0.4 is 5.73 Å². The van der Waals surface area contributed by atoms with Gasteiger partial charge in [-0.2, -0.15) is 0 Å². The van der Waals surface area contributed by atoms with Gasteiger partial charge in [-0.05, 0) is 128 Å². The molecule has 1 nitrogen and oxygen atoms in total. The van der Waals surface area contributed by atoms with Gasteiger partial charge in [0.25, 0.3) is 0 Å². The second-order valence-electron chi connectivity index (χ2n) is 17.5. The largest absolute Gasteiger partial charge is 0.328 e. The van der Waals surface area contributed by atoms with Crippen LogP contribution in [0.25, 0.3) is 0 Å². The fraction of sp³-hybridized carbons (Fsp3) is 1.00. The molecule has 1 heteroatoms. The summed E-state index contributed by atoms with van der Waals surface area (Å²) in [5.74, 6) is 9.30. The molecular weight excluding hydrogens is 458 g/mol. The summed E-state index contributed by atoms with van der Waals surface area (Å²) in [7, 11) is 0. The van der Waals surface area contributed by atoms with Crippen LogP contribution in [0.3, 0.4) is 0 Å². The van der Waals surface area contributed by atoms with Crippen LogP contribution >= 0.6 is 0 Å². The van der Waals surface area contributed by atoms with E-state index in [0.29, 0.717) is 16.9 Å². The molecule has 0 aromatic rings. The van der Waals surface area contributed by atoms with E-state index in [2.05, 4.69) is 55.4 Å². The van der Waals surface area contributed by atoms with Gasteiger partial charge in [-0.15, -0.1) is 0 Å². The highest BCUT2D eigenvalue weighted by molar-refractivity contribution is 4.96. The lowest BCUT2D eigenvalue weighted by atomic mass is 9.54. The second-order valence-corrected chi connectivity index (χ2v) is 17.5. The molecule has 8 unspecified atom stereocenters. The molecule has 0 heterocycles. The topological polar surface area (TPSA) is 26.0 Å². The first kappa shape index (κ1) is 30.9. The van der Waals surface area contributed by atoms with E-state index in [0.717, 1.165) is 59.2 Å². The first-order valence-electron chi connectivity index (χ1n) is 17.6. The molecular formula is C37H69N. The quantitative estimate of drug-likeness (QED) is 0.334. The highest BCUT2D eigenvalue weighted by Crippen LogP contribution is 2.55. The number of hydrogen-bond donors (Lipinski definition) is 1. The summed E-state index contributed by atoms with van der Waals surface area (Å²) in [6.45, 7) is 20.9. The van der Waals surface area contributed by atoms with E-state index in [1.165, 1.54) is 103 Å². The molecule has 0 spiro atoms. The van der Waals surface area contributed by atoms with Crippen molar-refractivity contribution >= 4 is 0 Å². The lowest BCUT2D eigenvalue weighted by Gasteiger charge is -2.51. The van der Waals surface area contributed by atoms with Gasteiger partial charge in [-0.3, -0.25) is 0 Å². The van der Waals surface area contributed by atoms with Crippen LogP contribution in [0.5, 0.6) is 0 Å². The Kier molecular flexibility index (Phi) is 10.5. The molecule has 222 valence electrons.